The minimum atomic E-state index is -0.501. The van der Waals surface area contributed by atoms with Crippen molar-refractivity contribution >= 4 is 29.1 Å². The second-order valence-electron chi connectivity index (χ2n) is 2.41. The van der Waals surface area contributed by atoms with Gasteiger partial charge < -0.3 is 0 Å². The van der Waals surface area contributed by atoms with E-state index < -0.39 is 4.92 Å². The molecule has 0 radical (unpaired) electrons. The van der Waals surface area contributed by atoms with Crippen LogP contribution in [0.15, 0.2) is 18.2 Å². The second-order valence-corrected chi connectivity index (χ2v) is 3.61. The number of thioether (sulfide) groups is 1. The first-order valence-corrected chi connectivity index (χ1v) is 4.95. The fraction of sp³-hybridized carbons (Fsp3) is 0.125. The van der Waals surface area contributed by atoms with Crippen molar-refractivity contribution < 1.29 is 4.92 Å². The summed E-state index contributed by atoms with van der Waals surface area (Å²) < 4.78 is 0. The van der Waals surface area contributed by atoms with Crippen LogP contribution in [0, 0.1) is 20.8 Å². The molecule has 0 fully saturated rings. The van der Waals surface area contributed by atoms with Gasteiger partial charge in [-0.2, -0.15) is 5.26 Å². The molecule has 0 bridgehead atoms. The van der Waals surface area contributed by atoms with E-state index in [9.17, 15) is 10.1 Å². The van der Waals surface area contributed by atoms with Crippen LogP contribution in [0.1, 0.15) is 5.56 Å². The largest absolute Gasteiger partial charge is 0.274 e. The fourth-order valence-electron chi connectivity index (χ4n) is 0.939. The lowest BCUT2D eigenvalue weighted by Crippen LogP contribution is -1.93. The predicted octanol–water partition coefficient (Wildman–Crippen LogP) is 2.96. The number of benzene rings is 1. The molecule has 0 amide bonds. The minimum Gasteiger partial charge on any atom is -0.258 e. The first kappa shape index (κ1) is 10.8. The Kier molecular flexibility index (Phi) is 3.74. The van der Waals surface area contributed by atoms with Crippen LogP contribution in [-0.4, -0.2) is 4.92 Å². The Morgan fingerprint density at radius 3 is 2.93 bits per heavy atom. The van der Waals surface area contributed by atoms with Crippen molar-refractivity contribution in [2.24, 2.45) is 0 Å². The van der Waals surface area contributed by atoms with E-state index in [1.165, 1.54) is 6.07 Å². The van der Waals surface area contributed by atoms with Gasteiger partial charge in [-0.25, -0.2) is 0 Å². The van der Waals surface area contributed by atoms with Crippen LogP contribution in [0.5, 0.6) is 0 Å². The van der Waals surface area contributed by atoms with Crippen LogP contribution in [0.2, 0.25) is 5.02 Å². The van der Waals surface area contributed by atoms with Crippen molar-refractivity contribution in [1.82, 2.24) is 0 Å². The highest BCUT2D eigenvalue weighted by Crippen LogP contribution is 2.26. The predicted molar refractivity (Wildman–Crippen MR) is 55.0 cm³/mol. The molecule has 0 spiro atoms. The van der Waals surface area contributed by atoms with Gasteiger partial charge in [0, 0.05) is 22.4 Å². The number of halogens is 1. The van der Waals surface area contributed by atoms with Gasteiger partial charge in [-0.3, -0.25) is 10.1 Å². The molecule has 0 aliphatic carbocycles. The molecule has 0 N–H and O–H groups in total. The summed E-state index contributed by atoms with van der Waals surface area (Å²) >= 11 is 6.58. The molecule has 6 heteroatoms. The Balaban J connectivity index is 3.03. The molecule has 0 saturated carbocycles. The van der Waals surface area contributed by atoms with Gasteiger partial charge in [0.15, 0.2) is 0 Å². The van der Waals surface area contributed by atoms with Crippen molar-refractivity contribution in [1.29, 1.82) is 5.26 Å². The molecule has 0 aliphatic heterocycles. The third-order valence-corrected chi connectivity index (χ3v) is 2.36. The van der Waals surface area contributed by atoms with Gasteiger partial charge in [0.1, 0.15) is 5.40 Å². The SMILES string of the molecule is N#CSCc1ccc(Cl)cc1[N+](=O)[O-]. The Hall–Kier alpha value is -1.25. The lowest BCUT2D eigenvalue weighted by molar-refractivity contribution is -0.385. The summed E-state index contributed by atoms with van der Waals surface area (Å²) in [6.07, 6.45) is 0. The van der Waals surface area contributed by atoms with Crippen molar-refractivity contribution in [3.8, 4) is 5.40 Å². The smallest absolute Gasteiger partial charge is 0.258 e. The summed E-state index contributed by atoms with van der Waals surface area (Å²) in [5.41, 5.74) is 0.464. The molecular formula is C8H5ClN2O2S. The van der Waals surface area contributed by atoms with Gasteiger partial charge >= 0.3 is 0 Å². The summed E-state index contributed by atoms with van der Waals surface area (Å²) in [5.74, 6) is 0.296. The molecule has 0 aromatic heterocycles. The Bertz CT molecular complexity index is 403. The van der Waals surface area contributed by atoms with Crippen molar-refractivity contribution in [2.75, 3.05) is 0 Å². The number of nitriles is 1. The van der Waals surface area contributed by atoms with Gasteiger partial charge in [-0.1, -0.05) is 11.6 Å². The molecule has 0 heterocycles. The van der Waals surface area contributed by atoms with Crippen LogP contribution >= 0.6 is 23.4 Å². The Morgan fingerprint density at radius 1 is 1.64 bits per heavy atom. The number of thiocyanates is 1. The average Bonchev–Trinajstić information content (AvgIpc) is 2.15. The number of nitro groups is 1. The lowest BCUT2D eigenvalue weighted by Gasteiger charge is -1.99. The van der Waals surface area contributed by atoms with E-state index in [2.05, 4.69) is 0 Å². The first-order chi connectivity index (χ1) is 6.65. The quantitative estimate of drug-likeness (QED) is 0.453. The summed E-state index contributed by atoms with van der Waals surface area (Å²) in [6, 6.07) is 4.42. The number of nitro benzene ring substituents is 1. The van der Waals surface area contributed by atoms with E-state index in [1.807, 2.05) is 5.40 Å². The van der Waals surface area contributed by atoms with E-state index in [4.69, 9.17) is 16.9 Å². The number of hydrogen-bond acceptors (Lipinski definition) is 4. The topological polar surface area (TPSA) is 66.9 Å². The molecule has 1 rings (SSSR count). The van der Waals surface area contributed by atoms with Gasteiger partial charge in [0.2, 0.25) is 0 Å². The van der Waals surface area contributed by atoms with E-state index in [-0.39, 0.29) is 5.69 Å². The molecule has 72 valence electrons. The number of hydrogen-bond donors (Lipinski definition) is 0. The highest BCUT2D eigenvalue weighted by Gasteiger charge is 2.13. The maximum Gasteiger partial charge on any atom is 0.274 e. The summed E-state index contributed by atoms with van der Waals surface area (Å²) in [4.78, 5) is 10.1. The molecule has 0 aliphatic rings. The summed E-state index contributed by atoms with van der Waals surface area (Å²) in [5, 5.41) is 21.1. The van der Waals surface area contributed by atoms with Crippen molar-refractivity contribution in [3.63, 3.8) is 0 Å². The molecule has 1 aromatic carbocycles. The lowest BCUT2D eigenvalue weighted by atomic mass is 10.2. The van der Waals surface area contributed by atoms with Crippen molar-refractivity contribution in [2.45, 2.75) is 5.75 Å². The normalized spacial score (nSPS) is 9.43. The molecule has 0 saturated heterocycles. The molecule has 1 aromatic rings. The Morgan fingerprint density at radius 2 is 2.36 bits per heavy atom. The minimum absolute atomic E-state index is 0.0414. The zero-order valence-electron chi connectivity index (χ0n) is 6.94. The summed E-state index contributed by atoms with van der Waals surface area (Å²) in [6.45, 7) is 0. The monoisotopic (exact) mass is 228 g/mol. The third kappa shape index (κ3) is 2.62. The third-order valence-electron chi connectivity index (χ3n) is 1.54. The first-order valence-electron chi connectivity index (χ1n) is 3.59. The molecule has 14 heavy (non-hydrogen) atoms. The molecule has 0 unspecified atom stereocenters. The number of rotatable bonds is 3. The second kappa shape index (κ2) is 4.84. The molecule has 4 nitrogen and oxygen atoms in total. The van der Waals surface area contributed by atoms with E-state index in [0.717, 1.165) is 11.8 Å². The van der Waals surface area contributed by atoms with Gasteiger partial charge in [-0.15, -0.1) is 0 Å². The van der Waals surface area contributed by atoms with Crippen LogP contribution < -0.4 is 0 Å². The Labute approximate surface area is 89.6 Å². The number of nitrogens with zero attached hydrogens (tertiary/aromatic N) is 2. The van der Waals surface area contributed by atoms with Crippen LogP contribution in [0.4, 0.5) is 5.69 Å². The summed E-state index contributed by atoms with van der Waals surface area (Å²) in [7, 11) is 0. The van der Waals surface area contributed by atoms with Crippen molar-refractivity contribution in [3.05, 3.63) is 38.9 Å². The van der Waals surface area contributed by atoms with E-state index in [0.29, 0.717) is 16.3 Å². The molecular weight excluding hydrogens is 224 g/mol. The zero-order chi connectivity index (χ0) is 10.6. The van der Waals surface area contributed by atoms with Gasteiger partial charge in [0.25, 0.3) is 5.69 Å². The highest BCUT2D eigenvalue weighted by atomic mass is 35.5. The van der Waals surface area contributed by atoms with E-state index in [1.54, 1.807) is 12.1 Å². The zero-order valence-corrected chi connectivity index (χ0v) is 8.51. The van der Waals surface area contributed by atoms with Gasteiger partial charge in [0.05, 0.1) is 4.92 Å². The fourth-order valence-corrected chi connectivity index (χ4v) is 1.57. The maximum absolute atomic E-state index is 10.6. The standard InChI is InChI=1S/C8H5ClN2O2S/c9-7-2-1-6(4-14-5-10)8(3-7)11(12)13/h1-3H,4H2. The maximum atomic E-state index is 10.6. The highest BCUT2D eigenvalue weighted by molar-refractivity contribution is 8.02. The van der Waals surface area contributed by atoms with Crippen LogP contribution in [-0.2, 0) is 5.75 Å². The van der Waals surface area contributed by atoms with Crippen LogP contribution in [0.3, 0.4) is 0 Å². The van der Waals surface area contributed by atoms with Crippen LogP contribution in [0.25, 0.3) is 0 Å². The molecule has 0 atom stereocenters. The van der Waals surface area contributed by atoms with E-state index >= 15 is 0 Å². The van der Waals surface area contributed by atoms with Gasteiger partial charge in [-0.05, 0) is 23.9 Å². The average molecular weight is 229 g/mol.